The molecule has 26 heavy (non-hydrogen) atoms. The molecule has 0 aliphatic heterocycles. The summed E-state index contributed by atoms with van der Waals surface area (Å²) >= 11 is 3.45. The maximum atomic E-state index is 12.4. The van der Waals surface area contributed by atoms with Crippen molar-refractivity contribution in [3.05, 3.63) is 64.8 Å². The van der Waals surface area contributed by atoms with Gasteiger partial charge in [-0.15, -0.1) is 5.10 Å². The van der Waals surface area contributed by atoms with Crippen molar-refractivity contribution in [2.75, 3.05) is 0 Å². The number of halogens is 1. The first-order valence-corrected chi connectivity index (χ1v) is 9.58. The van der Waals surface area contributed by atoms with E-state index in [-0.39, 0.29) is 5.91 Å². The Hall–Kier alpha value is -2.47. The molecule has 5 nitrogen and oxygen atoms in total. The molecule has 0 bridgehead atoms. The van der Waals surface area contributed by atoms with Crippen molar-refractivity contribution in [3.63, 3.8) is 0 Å². The number of hydrogen-bond acceptors (Lipinski definition) is 3. The van der Waals surface area contributed by atoms with Crippen LogP contribution >= 0.6 is 15.9 Å². The second kappa shape index (κ2) is 7.41. The van der Waals surface area contributed by atoms with Crippen molar-refractivity contribution in [1.29, 1.82) is 0 Å². The highest BCUT2D eigenvalue weighted by Crippen LogP contribution is 2.24. The zero-order valence-corrected chi connectivity index (χ0v) is 15.8. The molecular weight excluding hydrogens is 392 g/mol. The summed E-state index contributed by atoms with van der Waals surface area (Å²) in [5, 5.41) is 11.4. The average molecular weight is 411 g/mol. The third-order valence-corrected chi connectivity index (χ3v) is 5.28. The number of hydrogen-bond donors (Lipinski definition) is 1. The highest BCUT2D eigenvalue weighted by molar-refractivity contribution is 9.10. The fraction of sp³-hybridized carbons (Fsp3) is 0.250. The summed E-state index contributed by atoms with van der Waals surface area (Å²) in [6.07, 6.45) is 6.31. The van der Waals surface area contributed by atoms with Crippen LogP contribution in [0.2, 0.25) is 0 Å². The fourth-order valence-corrected chi connectivity index (χ4v) is 3.60. The monoisotopic (exact) mass is 410 g/mol. The highest BCUT2D eigenvalue weighted by atomic mass is 79.9. The van der Waals surface area contributed by atoms with Crippen LogP contribution in [0.15, 0.2) is 59.2 Å². The maximum absolute atomic E-state index is 12.4. The lowest BCUT2D eigenvalue weighted by atomic mass is 10.1. The molecule has 0 spiro atoms. The third kappa shape index (κ3) is 3.55. The summed E-state index contributed by atoms with van der Waals surface area (Å²) < 4.78 is 2.81. The molecule has 4 rings (SSSR count). The topological polar surface area (TPSA) is 59.8 Å². The molecule has 1 aliphatic carbocycles. The first-order chi connectivity index (χ1) is 12.7. The van der Waals surface area contributed by atoms with Gasteiger partial charge in [-0.05, 0) is 49.2 Å². The minimum absolute atomic E-state index is 0.00447. The minimum Gasteiger partial charge on any atom is -0.349 e. The van der Waals surface area contributed by atoms with Gasteiger partial charge in [-0.1, -0.05) is 46.1 Å². The summed E-state index contributed by atoms with van der Waals surface area (Å²) in [6.45, 7) is 0. The molecule has 1 fully saturated rings. The molecule has 1 amide bonds. The number of aromatic nitrogens is 3. The lowest BCUT2D eigenvalue weighted by Crippen LogP contribution is -2.32. The summed E-state index contributed by atoms with van der Waals surface area (Å²) in [5.74, 6) is -0.00447. The van der Waals surface area contributed by atoms with Gasteiger partial charge in [-0.25, -0.2) is 4.68 Å². The van der Waals surface area contributed by atoms with E-state index in [1.54, 1.807) is 10.9 Å². The third-order valence-electron chi connectivity index (χ3n) is 4.75. The van der Waals surface area contributed by atoms with Crippen LogP contribution in [0.5, 0.6) is 0 Å². The van der Waals surface area contributed by atoms with Crippen LogP contribution in [0.3, 0.4) is 0 Å². The zero-order chi connectivity index (χ0) is 17.9. The lowest BCUT2D eigenvalue weighted by molar-refractivity contribution is 0.0938. The van der Waals surface area contributed by atoms with E-state index < -0.39 is 0 Å². The number of benzene rings is 2. The van der Waals surface area contributed by atoms with Crippen LogP contribution in [0.4, 0.5) is 0 Å². The van der Waals surface area contributed by atoms with Crippen molar-refractivity contribution < 1.29 is 4.79 Å². The van der Waals surface area contributed by atoms with Crippen LogP contribution in [0.25, 0.3) is 16.9 Å². The van der Waals surface area contributed by atoms with Gasteiger partial charge in [-0.2, -0.15) is 0 Å². The average Bonchev–Trinajstić information content (AvgIpc) is 3.34. The fourth-order valence-electron chi connectivity index (χ4n) is 3.34. The van der Waals surface area contributed by atoms with Crippen LogP contribution < -0.4 is 5.32 Å². The van der Waals surface area contributed by atoms with Crippen molar-refractivity contribution in [2.24, 2.45) is 0 Å². The molecule has 1 aromatic heterocycles. The Morgan fingerprint density at radius 3 is 2.42 bits per heavy atom. The Morgan fingerprint density at radius 2 is 1.73 bits per heavy atom. The normalized spacial score (nSPS) is 14.5. The van der Waals surface area contributed by atoms with E-state index in [1.165, 1.54) is 12.8 Å². The van der Waals surface area contributed by atoms with E-state index >= 15 is 0 Å². The molecule has 1 N–H and O–H groups in total. The van der Waals surface area contributed by atoms with Gasteiger partial charge in [0.1, 0.15) is 0 Å². The van der Waals surface area contributed by atoms with E-state index in [1.807, 2.05) is 48.5 Å². The Balaban J connectivity index is 1.55. The number of rotatable bonds is 4. The molecular formula is C20H19BrN4O. The molecule has 132 valence electrons. The number of amides is 1. The van der Waals surface area contributed by atoms with Gasteiger partial charge in [0, 0.05) is 21.6 Å². The van der Waals surface area contributed by atoms with Gasteiger partial charge in [0.2, 0.25) is 0 Å². The van der Waals surface area contributed by atoms with Crippen molar-refractivity contribution in [3.8, 4) is 16.9 Å². The molecule has 0 saturated heterocycles. The summed E-state index contributed by atoms with van der Waals surface area (Å²) in [7, 11) is 0. The first-order valence-electron chi connectivity index (χ1n) is 8.79. The van der Waals surface area contributed by atoms with Crippen molar-refractivity contribution in [1.82, 2.24) is 20.3 Å². The lowest BCUT2D eigenvalue weighted by Gasteiger charge is -2.12. The predicted octanol–water partition coefficient (Wildman–Crippen LogP) is 4.37. The maximum Gasteiger partial charge on any atom is 0.251 e. The van der Waals surface area contributed by atoms with Crippen LogP contribution in [-0.4, -0.2) is 26.9 Å². The quantitative estimate of drug-likeness (QED) is 0.694. The van der Waals surface area contributed by atoms with Crippen molar-refractivity contribution >= 4 is 21.8 Å². The Kier molecular flexibility index (Phi) is 4.84. The van der Waals surface area contributed by atoms with E-state index in [4.69, 9.17) is 0 Å². The van der Waals surface area contributed by atoms with Gasteiger partial charge in [0.15, 0.2) is 0 Å². The van der Waals surface area contributed by atoms with Crippen LogP contribution in [0, 0.1) is 0 Å². The summed E-state index contributed by atoms with van der Waals surface area (Å²) in [6, 6.07) is 15.8. The van der Waals surface area contributed by atoms with Gasteiger partial charge >= 0.3 is 0 Å². The molecule has 0 atom stereocenters. The van der Waals surface area contributed by atoms with E-state index in [9.17, 15) is 4.79 Å². The van der Waals surface area contributed by atoms with Gasteiger partial charge in [0.05, 0.1) is 17.6 Å². The van der Waals surface area contributed by atoms with E-state index in [0.29, 0.717) is 11.6 Å². The Labute approximate surface area is 160 Å². The van der Waals surface area contributed by atoms with Crippen LogP contribution in [-0.2, 0) is 0 Å². The molecule has 1 aliphatic rings. The van der Waals surface area contributed by atoms with Crippen LogP contribution in [0.1, 0.15) is 36.0 Å². The van der Waals surface area contributed by atoms with E-state index in [0.717, 1.165) is 34.3 Å². The SMILES string of the molecule is O=C(NC1CCCC1)c1ccc(-n2nncc2-c2ccc(Br)cc2)cc1. The molecule has 1 saturated carbocycles. The second-order valence-electron chi connectivity index (χ2n) is 6.54. The predicted molar refractivity (Wildman–Crippen MR) is 104 cm³/mol. The van der Waals surface area contributed by atoms with Gasteiger partial charge < -0.3 is 5.32 Å². The second-order valence-corrected chi connectivity index (χ2v) is 7.46. The summed E-state index contributed by atoms with van der Waals surface area (Å²) in [5.41, 5.74) is 3.48. The van der Waals surface area contributed by atoms with Gasteiger partial charge in [0.25, 0.3) is 5.91 Å². The van der Waals surface area contributed by atoms with Gasteiger partial charge in [-0.3, -0.25) is 4.79 Å². The Morgan fingerprint density at radius 1 is 1.04 bits per heavy atom. The highest BCUT2D eigenvalue weighted by Gasteiger charge is 2.18. The van der Waals surface area contributed by atoms with Crippen molar-refractivity contribution in [2.45, 2.75) is 31.7 Å². The molecule has 0 radical (unpaired) electrons. The zero-order valence-electron chi connectivity index (χ0n) is 14.2. The number of nitrogens with zero attached hydrogens (tertiary/aromatic N) is 3. The molecule has 6 heteroatoms. The number of nitrogens with one attached hydrogen (secondary N) is 1. The van der Waals surface area contributed by atoms with E-state index in [2.05, 4.69) is 31.6 Å². The molecule has 3 aromatic rings. The molecule has 1 heterocycles. The minimum atomic E-state index is -0.00447. The number of carbonyl (C=O) groups excluding carboxylic acids is 1. The number of carbonyl (C=O) groups is 1. The summed E-state index contributed by atoms with van der Waals surface area (Å²) in [4.78, 5) is 12.4. The Bertz CT molecular complexity index is 896. The smallest absolute Gasteiger partial charge is 0.251 e. The molecule has 0 unspecified atom stereocenters. The largest absolute Gasteiger partial charge is 0.349 e. The standard InChI is InChI=1S/C20H19BrN4O/c21-16-9-5-14(6-10-16)19-13-22-24-25(19)18-11-7-15(8-12-18)20(26)23-17-3-1-2-4-17/h5-13,17H,1-4H2,(H,23,26). The molecule has 2 aromatic carbocycles. The first kappa shape index (κ1) is 17.0.